The Balaban J connectivity index is 2.66. The fourth-order valence-corrected chi connectivity index (χ4v) is 1.59. The Morgan fingerprint density at radius 2 is 1.95 bits per heavy atom. The molecule has 0 saturated carbocycles. The average molecular weight is 294 g/mol. The van der Waals surface area contributed by atoms with Gasteiger partial charge in [-0.3, -0.25) is 5.32 Å². The van der Waals surface area contributed by atoms with E-state index in [1.807, 2.05) is 60.0 Å². The third-order valence-corrected chi connectivity index (χ3v) is 2.63. The van der Waals surface area contributed by atoms with Crippen molar-refractivity contribution in [2.24, 2.45) is 0 Å². The van der Waals surface area contributed by atoms with Gasteiger partial charge in [0.25, 0.3) is 0 Å². The molecule has 0 bridgehead atoms. The quantitative estimate of drug-likeness (QED) is 0.905. The fourth-order valence-electron chi connectivity index (χ4n) is 1.59. The third-order valence-electron chi connectivity index (χ3n) is 2.63. The summed E-state index contributed by atoms with van der Waals surface area (Å²) in [5, 5.41) is 2.71. The lowest BCUT2D eigenvalue weighted by molar-refractivity contribution is 0.0636. The lowest BCUT2D eigenvalue weighted by atomic mass is 10.2. The van der Waals surface area contributed by atoms with E-state index in [1.54, 1.807) is 0 Å². The van der Waals surface area contributed by atoms with Crippen molar-refractivity contribution < 1.29 is 14.3 Å². The van der Waals surface area contributed by atoms with E-state index in [4.69, 9.17) is 9.47 Å². The molecule has 1 aromatic carbocycles. The minimum Gasteiger partial charge on any atom is -0.492 e. The number of benzene rings is 1. The van der Waals surface area contributed by atoms with Crippen LogP contribution in [0.5, 0.6) is 5.75 Å². The van der Waals surface area contributed by atoms with E-state index in [0.717, 1.165) is 17.9 Å². The lowest BCUT2D eigenvalue weighted by Crippen LogP contribution is -2.27. The molecule has 5 heteroatoms. The van der Waals surface area contributed by atoms with Crippen molar-refractivity contribution in [1.29, 1.82) is 0 Å². The Morgan fingerprint density at radius 3 is 2.52 bits per heavy atom. The number of hydrogen-bond acceptors (Lipinski definition) is 4. The molecule has 0 unspecified atom stereocenters. The molecule has 0 saturated heterocycles. The molecule has 0 spiro atoms. The van der Waals surface area contributed by atoms with Crippen LogP contribution in [-0.2, 0) is 4.74 Å². The SMILES string of the molecule is Cc1ccc(NC(=O)OC(C)(C)C)cc1OCCN(C)C. The van der Waals surface area contributed by atoms with Crippen molar-refractivity contribution in [1.82, 2.24) is 4.90 Å². The van der Waals surface area contributed by atoms with Crippen LogP contribution in [0.15, 0.2) is 18.2 Å². The molecule has 1 rings (SSSR count). The van der Waals surface area contributed by atoms with Crippen LogP contribution >= 0.6 is 0 Å². The van der Waals surface area contributed by atoms with Crippen molar-refractivity contribution in [3.05, 3.63) is 23.8 Å². The summed E-state index contributed by atoms with van der Waals surface area (Å²) < 4.78 is 11.0. The lowest BCUT2D eigenvalue weighted by Gasteiger charge is -2.20. The summed E-state index contributed by atoms with van der Waals surface area (Å²) in [6.07, 6.45) is -0.467. The maximum atomic E-state index is 11.7. The van der Waals surface area contributed by atoms with Crippen LogP contribution in [0.25, 0.3) is 0 Å². The van der Waals surface area contributed by atoms with Crippen LogP contribution in [0.4, 0.5) is 10.5 Å². The molecule has 1 amide bonds. The van der Waals surface area contributed by atoms with Crippen LogP contribution in [0.1, 0.15) is 26.3 Å². The number of amides is 1. The molecule has 0 atom stereocenters. The van der Waals surface area contributed by atoms with Gasteiger partial charge in [-0.1, -0.05) is 6.07 Å². The fraction of sp³-hybridized carbons (Fsp3) is 0.562. The van der Waals surface area contributed by atoms with Crippen LogP contribution in [0.3, 0.4) is 0 Å². The monoisotopic (exact) mass is 294 g/mol. The van der Waals surface area contributed by atoms with E-state index in [-0.39, 0.29) is 0 Å². The number of hydrogen-bond donors (Lipinski definition) is 1. The topological polar surface area (TPSA) is 50.8 Å². The first-order valence-corrected chi connectivity index (χ1v) is 7.05. The highest BCUT2D eigenvalue weighted by molar-refractivity contribution is 5.85. The molecule has 21 heavy (non-hydrogen) atoms. The maximum absolute atomic E-state index is 11.7. The van der Waals surface area contributed by atoms with Gasteiger partial charge >= 0.3 is 6.09 Å². The Morgan fingerprint density at radius 1 is 1.29 bits per heavy atom. The highest BCUT2D eigenvalue weighted by Crippen LogP contribution is 2.23. The summed E-state index contributed by atoms with van der Waals surface area (Å²) in [6.45, 7) is 8.90. The molecular formula is C16H26N2O3. The molecule has 0 heterocycles. The molecule has 5 nitrogen and oxygen atoms in total. The van der Waals surface area contributed by atoms with Crippen molar-refractivity contribution in [2.75, 3.05) is 32.6 Å². The summed E-state index contributed by atoms with van der Waals surface area (Å²) in [5.41, 5.74) is 1.18. The van der Waals surface area contributed by atoms with E-state index in [9.17, 15) is 4.79 Å². The second-order valence-corrected chi connectivity index (χ2v) is 6.26. The number of ether oxygens (including phenoxy) is 2. The van der Waals surface area contributed by atoms with Crippen molar-refractivity contribution >= 4 is 11.8 Å². The molecule has 0 aliphatic carbocycles. The minimum atomic E-state index is -0.514. The second kappa shape index (κ2) is 7.31. The Labute approximate surface area is 127 Å². The van der Waals surface area contributed by atoms with E-state index >= 15 is 0 Å². The number of nitrogens with one attached hydrogen (secondary N) is 1. The molecule has 0 aliphatic heterocycles. The average Bonchev–Trinajstić information content (AvgIpc) is 2.30. The number of likely N-dealkylation sites (N-methyl/N-ethyl adjacent to an activating group) is 1. The molecule has 0 radical (unpaired) electrons. The zero-order valence-electron chi connectivity index (χ0n) is 13.8. The highest BCUT2D eigenvalue weighted by atomic mass is 16.6. The number of nitrogens with zero attached hydrogens (tertiary/aromatic N) is 1. The van der Waals surface area contributed by atoms with Gasteiger partial charge in [0, 0.05) is 18.3 Å². The van der Waals surface area contributed by atoms with Gasteiger partial charge in [-0.25, -0.2) is 4.79 Å². The summed E-state index contributed by atoms with van der Waals surface area (Å²) in [4.78, 5) is 13.8. The zero-order chi connectivity index (χ0) is 16.0. The Hall–Kier alpha value is -1.75. The van der Waals surface area contributed by atoms with Crippen LogP contribution in [-0.4, -0.2) is 43.8 Å². The first-order valence-electron chi connectivity index (χ1n) is 7.05. The second-order valence-electron chi connectivity index (χ2n) is 6.26. The standard InChI is InChI=1S/C16H26N2O3/c1-12-7-8-13(17-15(19)21-16(2,3)4)11-14(12)20-10-9-18(5)6/h7-8,11H,9-10H2,1-6H3,(H,17,19). The predicted molar refractivity (Wildman–Crippen MR) is 85.1 cm³/mol. The van der Waals surface area contributed by atoms with E-state index in [2.05, 4.69) is 10.2 Å². The predicted octanol–water partition coefficient (Wildman–Crippen LogP) is 3.28. The van der Waals surface area contributed by atoms with Crippen molar-refractivity contribution in [2.45, 2.75) is 33.3 Å². The summed E-state index contributed by atoms with van der Waals surface area (Å²) in [7, 11) is 3.99. The van der Waals surface area contributed by atoms with Gasteiger partial charge < -0.3 is 14.4 Å². The molecule has 0 fully saturated rings. The largest absolute Gasteiger partial charge is 0.492 e. The van der Waals surface area contributed by atoms with Gasteiger partial charge in [-0.05, 0) is 53.4 Å². The number of anilines is 1. The van der Waals surface area contributed by atoms with Crippen LogP contribution in [0, 0.1) is 6.92 Å². The highest BCUT2D eigenvalue weighted by Gasteiger charge is 2.16. The van der Waals surface area contributed by atoms with Gasteiger partial charge in [0.2, 0.25) is 0 Å². The van der Waals surface area contributed by atoms with Crippen LogP contribution < -0.4 is 10.1 Å². The Bertz CT molecular complexity index is 479. The maximum Gasteiger partial charge on any atom is 0.412 e. The third kappa shape index (κ3) is 6.99. The zero-order valence-corrected chi connectivity index (χ0v) is 13.8. The van der Waals surface area contributed by atoms with Crippen molar-refractivity contribution in [3.8, 4) is 5.75 Å². The number of carbonyl (C=O) groups is 1. The van der Waals surface area contributed by atoms with E-state index in [1.165, 1.54) is 0 Å². The normalized spacial score (nSPS) is 11.4. The number of rotatable bonds is 5. The van der Waals surface area contributed by atoms with Gasteiger partial charge in [0.05, 0.1) is 0 Å². The van der Waals surface area contributed by atoms with Gasteiger partial charge in [0.15, 0.2) is 0 Å². The first kappa shape index (κ1) is 17.3. The molecule has 1 aromatic rings. The van der Waals surface area contributed by atoms with E-state index < -0.39 is 11.7 Å². The van der Waals surface area contributed by atoms with E-state index in [0.29, 0.717) is 12.3 Å². The summed E-state index contributed by atoms with van der Waals surface area (Å²) >= 11 is 0. The molecule has 0 aromatic heterocycles. The summed E-state index contributed by atoms with van der Waals surface area (Å²) in [5.74, 6) is 0.769. The van der Waals surface area contributed by atoms with Crippen molar-refractivity contribution in [3.63, 3.8) is 0 Å². The van der Waals surface area contributed by atoms with Gasteiger partial charge in [-0.2, -0.15) is 0 Å². The minimum absolute atomic E-state index is 0.467. The van der Waals surface area contributed by atoms with Crippen LogP contribution in [0.2, 0.25) is 0 Å². The molecule has 1 N–H and O–H groups in total. The smallest absolute Gasteiger partial charge is 0.412 e. The molecule has 0 aliphatic rings. The number of carbonyl (C=O) groups excluding carboxylic acids is 1. The van der Waals surface area contributed by atoms with Gasteiger partial charge in [-0.15, -0.1) is 0 Å². The van der Waals surface area contributed by atoms with Gasteiger partial charge in [0.1, 0.15) is 18.0 Å². The Kier molecular flexibility index (Phi) is 6.03. The molecule has 118 valence electrons. The summed E-state index contributed by atoms with van der Waals surface area (Å²) in [6, 6.07) is 5.56. The first-order chi connectivity index (χ1) is 9.67. The molecular weight excluding hydrogens is 268 g/mol. The number of aryl methyl sites for hydroxylation is 1.